The van der Waals surface area contributed by atoms with Crippen molar-refractivity contribution in [3.05, 3.63) is 35.9 Å². The van der Waals surface area contributed by atoms with E-state index < -0.39 is 113 Å². The van der Waals surface area contributed by atoms with E-state index in [2.05, 4.69) is 37.2 Å². The molecule has 1 aromatic rings. The highest BCUT2D eigenvalue weighted by molar-refractivity contribution is 8.13. The highest BCUT2D eigenvalue weighted by Crippen LogP contribution is 2.17. The minimum absolute atomic E-state index is 0.0790. The van der Waals surface area contributed by atoms with Crippen molar-refractivity contribution in [2.45, 2.75) is 122 Å². The Morgan fingerprint density at radius 3 is 1.88 bits per heavy atom. The van der Waals surface area contributed by atoms with Crippen LogP contribution in [-0.2, 0) is 49.6 Å². The van der Waals surface area contributed by atoms with Gasteiger partial charge in [0.25, 0.3) is 0 Å². The predicted molar refractivity (Wildman–Crippen MR) is 216 cm³/mol. The fourth-order valence-corrected chi connectivity index (χ4v) is 7.15. The number of amides is 7. The van der Waals surface area contributed by atoms with Crippen molar-refractivity contribution in [1.82, 2.24) is 37.2 Å². The maximum absolute atomic E-state index is 14.0. The summed E-state index contributed by atoms with van der Waals surface area (Å²) in [5.41, 5.74) is 6.04. The zero-order valence-corrected chi connectivity index (χ0v) is 35.0. The lowest BCUT2D eigenvalue weighted by molar-refractivity contribution is -0.141. The molecule has 1 fully saturated rings. The van der Waals surface area contributed by atoms with Crippen molar-refractivity contribution >= 4 is 64.2 Å². The number of nitrogens with one attached hydrogen (secondary N) is 7. The van der Waals surface area contributed by atoms with Gasteiger partial charge < -0.3 is 48.1 Å². The van der Waals surface area contributed by atoms with Gasteiger partial charge in [-0.1, -0.05) is 90.1 Å². The van der Waals surface area contributed by atoms with Gasteiger partial charge in [0.15, 0.2) is 0 Å². The first-order chi connectivity index (χ1) is 27.2. The Balaban J connectivity index is 2.66. The standard InChI is InChI=1S/C39H60N8O10S/c1-8-22(6)32(41-7)38(56)45-26(17-30(40)48)35(53)47-29-19-58-39(57)28(15-21(4)5)46-33(51)24(14-20(2)3)42-34(52)25(16-23-12-10-9-11-13-23)43-36(54)27(18-31(49)50)44-37(29)55/h9-13,20-22,24-29,32,41H,8,14-19H2,1-7H3,(H2,40,48)(H,42,52)(H,43,54)(H,44,55)(H,45,56)(H,46,51)(H,47,53)(H,49,50)/t22-,24-,25?,26-,27?,28?,29?,32-/m0/s1. The Labute approximate surface area is 343 Å². The van der Waals surface area contributed by atoms with E-state index in [0.717, 1.165) is 0 Å². The van der Waals surface area contributed by atoms with Crippen LogP contribution in [0.15, 0.2) is 30.3 Å². The smallest absolute Gasteiger partial charge is 0.305 e. The number of likely N-dealkylation sites (N-methyl/N-ethyl adjacent to an activating group) is 1. The number of carbonyl (C=O) groups is 9. The molecule has 0 aromatic heterocycles. The van der Waals surface area contributed by atoms with Crippen molar-refractivity contribution in [3.8, 4) is 0 Å². The van der Waals surface area contributed by atoms with Gasteiger partial charge in [0, 0.05) is 12.2 Å². The molecule has 1 aromatic carbocycles. The molecule has 0 saturated carbocycles. The molecule has 0 radical (unpaired) electrons. The summed E-state index contributed by atoms with van der Waals surface area (Å²) < 4.78 is 0. The van der Waals surface area contributed by atoms with E-state index in [9.17, 15) is 48.3 Å². The number of hydrogen-bond acceptors (Lipinski definition) is 11. The molecule has 19 heteroatoms. The monoisotopic (exact) mass is 832 g/mol. The molecule has 2 rings (SSSR count). The lowest BCUT2D eigenvalue weighted by Gasteiger charge is -2.29. The summed E-state index contributed by atoms with van der Waals surface area (Å²) >= 11 is 0.584. The summed E-state index contributed by atoms with van der Waals surface area (Å²) in [6.45, 7) is 11.0. The van der Waals surface area contributed by atoms with Gasteiger partial charge in [-0.25, -0.2) is 0 Å². The molecule has 0 bridgehead atoms. The van der Waals surface area contributed by atoms with Gasteiger partial charge in [-0.05, 0) is 43.2 Å². The predicted octanol–water partition coefficient (Wildman–Crippen LogP) is -0.512. The number of aliphatic carboxylic acids is 1. The normalized spacial score (nSPS) is 22.8. The number of benzene rings is 1. The molecule has 0 aliphatic carbocycles. The maximum atomic E-state index is 14.0. The van der Waals surface area contributed by atoms with Crippen LogP contribution < -0.4 is 43.0 Å². The average molecular weight is 833 g/mol. The number of carboxylic acid groups (broad SMARTS) is 1. The second-order valence-electron chi connectivity index (χ2n) is 15.4. The van der Waals surface area contributed by atoms with Crippen molar-refractivity contribution in [1.29, 1.82) is 0 Å². The topological polar surface area (TPSA) is 284 Å². The van der Waals surface area contributed by atoms with Crippen LogP contribution in [-0.4, -0.2) is 113 Å². The summed E-state index contributed by atoms with van der Waals surface area (Å²) in [6, 6.07) is -0.771. The van der Waals surface area contributed by atoms with Crippen LogP contribution in [0.2, 0.25) is 0 Å². The third kappa shape index (κ3) is 16.4. The number of carboxylic acids is 1. The van der Waals surface area contributed by atoms with E-state index in [-0.39, 0.29) is 37.0 Å². The third-order valence-corrected chi connectivity index (χ3v) is 10.5. The molecule has 1 heterocycles. The van der Waals surface area contributed by atoms with E-state index in [1.807, 2.05) is 34.6 Å². The van der Waals surface area contributed by atoms with Gasteiger partial charge in [0.05, 0.1) is 24.9 Å². The van der Waals surface area contributed by atoms with E-state index in [0.29, 0.717) is 23.7 Å². The number of primary amides is 1. The molecule has 322 valence electrons. The number of nitrogens with two attached hydrogens (primary N) is 1. The van der Waals surface area contributed by atoms with E-state index in [1.165, 1.54) is 0 Å². The Hall–Kier alpha value is -5.04. The van der Waals surface area contributed by atoms with E-state index in [4.69, 9.17) is 5.73 Å². The summed E-state index contributed by atoms with van der Waals surface area (Å²) in [4.78, 5) is 120. The Morgan fingerprint density at radius 1 is 0.793 bits per heavy atom. The number of carbonyl (C=O) groups excluding carboxylic acids is 8. The molecule has 1 aliphatic rings. The molecule has 18 nitrogen and oxygen atoms in total. The van der Waals surface area contributed by atoms with Gasteiger partial charge in [0.2, 0.25) is 46.5 Å². The highest BCUT2D eigenvalue weighted by Gasteiger charge is 2.37. The van der Waals surface area contributed by atoms with Gasteiger partial charge in [-0.15, -0.1) is 0 Å². The molecule has 4 unspecified atom stereocenters. The first kappa shape index (κ1) is 49.1. The Bertz CT molecular complexity index is 1630. The van der Waals surface area contributed by atoms with E-state index >= 15 is 0 Å². The third-order valence-electron chi connectivity index (χ3n) is 9.45. The van der Waals surface area contributed by atoms with Crippen LogP contribution in [0.4, 0.5) is 0 Å². The summed E-state index contributed by atoms with van der Waals surface area (Å²) in [5.74, 6) is -8.54. The van der Waals surface area contributed by atoms with Crippen molar-refractivity contribution < 1.29 is 48.3 Å². The summed E-state index contributed by atoms with van der Waals surface area (Å²) in [6.07, 6.45) is -0.750. The van der Waals surface area contributed by atoms with Gasteiger partial charge in [-0.3, -0.25) is 43.2 Å². The zero-order chi connectivity index (χ0) is 43.7. The molecule has 7 amide bonds. The van der Waals surface area contributed by atoms with Crippen LogP contribution >= 0.6 is 11.8 Å². The Kier molecular flexibility index (Phi) is 20.3. The minimum atomic E-state index is -1.79. The molecule has 58 heavy (non-hydrogen) atoms. The zero-order valence-electron chi connectivity index (χ0n) is 34.2. The maximum Gasteiger partial charge on any atom is 0.305 e. The lowest BCUT2D eigenvalue weighted by atomic mass is 9.98. The van der Waals surface area contributed by atoms with Crippen LogP contribution in [0.3, 0.4) is 0 Å². The molecule has 1 aliphatic heterocycles. The molecule has 1 saturated heterocycles. The van der Waals surface area contributed by atoms with Crippen molar-refractivity contribution in [2.24, 2.45) is 23.5 Å². The van der Waals surface area contributed by atoms with Crippen LogP contribution in [0, 0.1) is 17.8 Å². The molecule has 10 N–H and O–H groups in total. The minimum Gasteiger partial charge on any atom is -0.481 e. The van der Waals surface area contributed by atoms with Crippen LogP contribution in [0.25, 0.3) is 0 Å². The van der Waals surface area contributed by atoms with Gasteiger partial charge in [-0.2, -0.15) is 0 Å². The fraction of sp³-hybridized carbons (Fsp3) is 0.615. The van der Waals surface area contributed by atoms with Crippen LogP contribution in [0.5, 0.6) is 0 Å². The van der Waals surface area contributed by atoms with Gasteiger partial charge >= 0.3 is 5.97 Å². The highest BCUT2D eigenvalue weighted by atomic mass is 32.2. The molecule has 0 spiro atoms. The second-order valence-corrected chi connectivity index (χ2v) is 16.4. The second kappa shape index (κ2) is 24.0. The number of hydrogen-bond donors (Lipinski definition) is 9. The van der Waals surface area contributed by atoms with Gasteiger partial charge in [0.1, 0.15) is 30.2 Å². The first-order valence-corrected chi connectivity index (χ1v) is 20.4. The number of thioether (sulfide) groups is 1. The van der Waals surface area contributed by atoms with Crippen molar-refractivity contribution in [2.75, 3.05) is 12.8 Å². The van der Waals surface area contributed by atoms with E-state index in [1.54, 1.807) is 44.3 Å². The quantitative estimate of drug-likeness (QED) is 0.0960. The average Bonchev–Trinajstić information content (AvgIpc) is 3.14. The Morgan fingerprint density at radius 2 is 1.33 bits per heavy atom. The van der Waals surface area contributed by atoms with Crippen LogP contribution in [0.1, 0.15) is 79.2 Å². The lowest BCUT2D eigenvalue weighted by Crippen LogP contribution is -2.61. The first-order valence-electron chi connectivity index (χ1n) is 19.5. The SMILES string of the molecule is CC[C@H](C)[C@H](NC)C(=O)N[C@@H](CC(N)=O)C(=O)NC1CSC(=O)C(CC(C)C)NC(=O)[C@H](CC(C)C)NC(=O)C(Cc2ccccc2)NC(=O)C(CC(=O)O)NC1=O. The summed E-state index contributed by atoms with van der Waals surface area (Å²) in [5, 5.41) is 27.3. The molecule has 8 atom stereocenters. The van der Waals surface area contributed by atoms with Crippen molar-refractivity contribution in [3.63, 3.8) is 0 Å². The number of rotatable bonds is 17. The largest absolute Gasteiger partial charge is 0.481 e. The molecular weight excluding hydrogens is 773 g/mol. The summed E-state index contributed by atoms with van der Waals surface area (Å²) in [7, 11) is 1.55. The molecular formula is C39H60N8O10S. The fourth-order valence-electron chi connectivity index (χ4n) is 6.22.